The fourth-order valence-electron chi connectivity index (χ4n) is 3.09. The van der Waals surface area contributed by atoms with Gasteiger partial charge in [0.25, 0.3) is 0 Å². The smallest absolute Gasteiger partial charge is 0.0547 e. The molecule has 0 amide bonds. The minimum Gasteiger partial charge on any atom is -0.297 e. The summed E-state index contributed by atoms with van der Waals surface area (Å²) in [7, 11) is 0. The molecule has 3 rings (SSSR count). The van der Waals surface area contributed by atoms with E-state index in [0.29, 0.717) is 0 Å². The van der Waals surface area contributed by atoms with Gasteiger partial charge in [0.1, 0.15) is 0 Å². The van der Waals surface area contributed by atoms with Gasteiger partial charge in [-0.1, -0.05) is 29.8 Å². The molecule has 2 heterocycles. The first-order valence-electron chi connectivity index (χ1n) is 7.58. The summed E-state index contributed by atoms with van der Waals surface area (Å²) in [6.45, 7) is 5.36. The Bertz CT molecular complexity index is 594. The number of likely N-dealkylation sites (tertiary alicyclic amines) is 1. The summed E-state index contributed by atoms with van der Waals surface area (Å²) in [5, 5.41) is 0.817. The summed E-state index contributed by atoms with van der Waals surface area (Å²) in [5.74, 6) is 0.746. The van der Waals surface area contributed by atoms with Gasteiger partial charge in [-0.25, -0.2) is 0 Å². The molecule has 1 unspecified atom stereocenters. The Labute approximate surface area is 131 Å². The fourth-order valence-corrected chi connectivity index (χ4v) is 3.22. The number of hydrogen-bond donors (Lipinski definition) is 0. The molecule has 1 fully saturated rings. The third kappa shape index (κ3) is 4.05. The molecule has 0 radical (unpaired) electrons. The molecule has 1 atom stereocenters. The van der Waals surface area contributed by atoms with Gasteiger partial charge in [0.15, 0.2) is 0 Å². The van der Waals surface area contributed by atoms with Crippen molar-refractivity contribution in [3.8, 4) is 0 Å². The van der Waals surface area contributed by atoms with E-state index in [0.717, 1.165) is 36.1 Å². The fraction of sp³-hybridized carbons (Fsp3) is 0.389. The molecule has 1 saturated heterocycles. The number of rotatable bonds is 4. The van der Waals surface area contributed by atoms with Crippen LogP contribution in [0.25, 0.3) is 0 Å². The SMILES string of the molecule is Cc1cccc(CN2CCC(Cc3ccc(Cl)cc3)C2)n1. The molecule has 2 aromatic rings. The summed E-state index contributed by atoms with van der Waals surface area (Å²) in [6.07, 6.45) is 2.42. The molecule has 1 aromatic carbocycles. The van der Waals surface area contributed by atoms with E-state index in [9.17, 15) is 0 Å². The molecular formula is C18H21ClN2. The zero-order chi connectivity index (χ0) is 14.7. The molecular weight excluding hydrogens is 280 g/mol. The lowest BCUT2D eigenvalue weighted by Gasteiger charge is -2.16. The van der Waals surface area contributed by atoms with Gasteiger partial charge in [0.2, 0.25) is 0 Å². The standard InChI is InChI=1S/C18H21ClN2/c1-14-3-2-4-18(20-14)13-21-10-9-16(12-21)11-15-5-7-17(19)8-6-15/h2-8,16H,9-13H2,1H3. The van der Waals surface area contributed by atoms with Crippen LogP contribution in [0.1, 0.15) is 23.4 Å². The van der Waals surface area contributed by atoms with Crippen LogP contribution in [-0.4, -0.2) is 23.0 Å². The maximum atomic E-state index is 5.94. The van der Waals surface area contributed by atoms with Crippen molar-refractivity contribution < 1.29 is 0 Å². The number of aromatic nitrogens is 1. The lowest BCUT2D eigenvalue weighted by molar-refractivity contribution is 0.312. The Morgan fingerprint density at radius 1 is 1.19 bits per heavy atom. The summed E-state index contributed by atoms with van der Waals surface area (Å²) in [4.78, 5) is 7.12. The van der Waals surface area contributed by atoms with Crippen LogP contribution in [0, 0.1) is 12.8 Å². The number of aryl methyl sites for hydroxylation is 1. The molecule has 0 saturated carbocycles. The van der Waals surface area contributed by atoms with E-state index >= 15 is 0 Å². The molecule has 2 nitrogen and oxygen atoms in total. The van der Waals surface area contributed by atoms with Crippen molar-refractivity contribution in [2.24, 2.45) is 5.92 Å². The minimum atomic E-state index is 0.746. The first kappa shape index (κ1) is 14.6. The third-order valence-electron chi connectivity index (χ3n) is 4.14. The average Bonchev–Trinajstić information content (AvgIpc) is 2.89. The first-order valence-corrected chi connectivity index (χ1v) is 7.96. The summed E-state index contributed by atoms with van der Waals surface area (Å²) >= 11 is 5.94. The second-order valence-electron chi connectivity index (χ2n) is 5.99. The molecule has 1 aromatic heterocycles. The molecule has 0 bridgehead atoms. The lowest BCUT2D eigenvalue weighted by Crippen LogP contribution is -2.21. The number of pyridine rings is 1. The normalized spacial score (nSPS) is 19.0. The Kier molecular flexibility index (Phi) is 4.57. The second-order valence-corrected chi connectivity index (χ2v) is 6.43. The summed E-state index contributed by atoms with van der Waals surface area (Å²) in [6, 6.07) is 14.5. The molecule has 1 aliphatic heterocycles. The molecule has 1 aliphatic rings. The molecule has 3 heteroatoms. The van der Waals surface area contributed by atoms with Crippen molar-refractivity contribution in [1.82, 2.24) is 9.88 Å². The van der Waals surface area contributed by atoms with Crippen LogP contribution >= 0.6 is 11.6 Å². The summed E-state index contributed by atoms with van der Waals surface area (Å²) in [5.41, 5.74) is 3.67. The van der Waals surface area contributed by atoms with Gasteiger partial charge in [0.05, 0.1) is 5.69 Å². The van der Waals surface area contributed by atoms with Crippen LogP contribution in [0.5, 0.6) is 0 Å². The highest BCUT2D eigenvalue weighted by Gasteiger charge is 2.22. The summed E-state index contributed by atoms with van der Waals surface area (Å²) < 4.78 is 0. The van der Waals surface area contributed by atoms with Crippen molar-refractivity contribution in [3.63, 3.8) is 0 Å². The van der Waals surface area contributed by atoms with Crippen LogP contribution in [0.3, 0.4) is 0 Å². The predicted octanol–water partition coefficient (Wildman–Crippen LogP) is 4.11. The van der Waals surface area contributed by atoms with Crippen LogP contribution in [0.15, 0.2) is 42.5 Å². The molecule has 0 N–H and O–H groups in total. The third-order valence-corrected chi connectivity index (χ3v) is 4.39. The van der Waals surface area contributed by atoms with Gasteiger partial charge in [-0.05, 0) is 62.1 Å². The molecule has 21 heavy (non-hydrogen) atoms. The zero-order valence-electron chi connectivity index (χ0n) is 12.4. The Hall–Kier alpha value is -1.38. The number of halogens is 1. The van der Waals surface area contributed by atoms with Gasteiger partial charge in [-0.3, -0.25) is 9.88 Å². The van der Waals surface area contributed by atoms with Gasteiger partial charge >= 0.3 is 0 Å². The highest BCUT2D eigenvalue weighted by atomic mass is 35.5. The lowest BCUT2D eigenvalue weighted by atomic mass is 9.99. The monoisotopic (exact) mass is 300 g/mol. The van der Waals surface area contributed by atoms with Gasteiger partial charge in [-0.2, -0.15) is 0 Å². The van der Waals surface area contributed by atoms with Gasteiger partial charge < -0.3 is 0 Å². The molecule has 0 spiro atoms. The highest BCUT2D eigenvalue weighted by molar-refractivity contribution is 6.30. The van der Waals surface area contributed by atoms with E-state index in [1.54, 1.807) is 0 Å². The maximum absolute atomic E-state index is 5.94. The van der Waals surface area contributed by atoms with Gasteiger partial charge in [0, 0.05) is 23.8 Å². The first-order chi connectivity index (χ1) is 10.2. The average molecular weight is 301 g/mol. The Morgan fingerprint density at radius 2 is 2.00 bits per heavy atom. The quantitative estimate of drug-likeness (QED) is 0.845. The van der Waals surface area contributed by atoms with E-state index in [2.05, 4.69) is 47.1 Å². The topological polar surface area (TPSA) is 16.1 Å². The van der Waals surface area contributed by atoms with E-state index in [-0.39, 0.29) is 0 Å². The van der Waals surface area contributed by atoms with Crippen LogP contribution in [-0.2, 0) is 13.0 Å². The van der Waals surface area contributed by atoms with E-state index in [1.807, 2.05) is 12.1 Å². The Morgan fingerprint density at radius 3 is 2.76 bits per heavy atom. The zero-order valence-corrected chi connectivity index (χ0v) is 13.2. The molecule has 110 valence electrons. The Balaban J connectivity index is 1.54. The van der Waals surface area contributed by atoms with E-state index in [4.69, 9.17) is 11.6 Å². The number of hydrogen-bond acceptors (Lipinski definition) is 2. The van der Waals surface area contributed by atoms with E-state index < -0.39 is 0 Å². The van der Waals surface area contributed by atoms with Crippen LogP contribution in [0.2, 0.25) is 5.02 Å². The van der Waals surface area contributed by atoms with Crippen LogP contribution in [0.4, 0.5) is 0 Å². The second kappa shape index (κ2) is 6.59. The van der Waals surface area contributed by atoms with Gasteiger partial charge in [-0.15, -0.1) is 0 Å². The largest absolute Gasteiger partial charge is 0.297 e. The van der Waals surface area contributed by atoms with Crippen molar-refractivity contribution in [3.05, 3.63) is 64.4 Å². The number of benzene rings is 1. The maximum Gasteiger partial charge on any atom is 0.0547 e. The van der Waals surface area contributed by atoms with Crippen molar-refractivity contribution in [2.45, 2.75) is 26.3 Å². The number of nitrogens with zero attached hydrogens (tertiary/aromatic N) is 2. The van der Waals surface area contributed by atoms with Crippen LogP contribution < -0.4 is 0 Å². The predicted molar refractivity (Wildman–Crippen MR) is 87.5 cm³/mol. The van der Waals surface area contributed by atoms with E-state index in [1.165, 1.54) is 24.2 Å². The van der Waals surface area contributed by atoms with Crippen molar-refractivity contribution in [2.75, 3.05) is 13.1 Å². The van der Waals surface area contributed by atoms with Crippen molar-refractivity contribution in [1.29, 1.82) is 0 Å². The highest BCUT2D eigenvalue weighted by Crippen LogP contribution is 2.23. The minimum absolute atomic E-state index is 0.746. The van der Waals surface area contributed by atoms with Crippen molar-refractivity contribution >= 4 is 11.6 Å². The molecule has 0 aliphatic carbocycles.